The van der Waals surface area contributed by atoms with Gasteiger partial charge in [-0.2, -0.15) is 0 Å². The van der Waals surface area contributed by atoms with Crippen LogP contribution in [0, 0.1) is 0 Å². The van der Waals surface area contributed by atoms with E-state index in [0.29, 0.717) is 17.9 Å². The van der Waals surface area contributed by atoms with Crippen LogP contribution in [0.4, 0.5) is 0 Å². The molecule has 6 nitrogen and oxygen atoms in total. The molecule has 0 aliphatic rings. The smallest absolute Gasteiger partial charge is 0.331 e. The van der Waals surface area contributed by atoms with Crippen molar-refractivity contribution in [2.75, 3.05) is 20.3 Å². The van der Waals surface area contributed by atoms with Gasteiger partial charge >= 0.3 is 5.97 Å². The molecular weight excluding hydrogens is 298 g/mol. The van der Waals surface area contributed by atoms with E-state index in [1.54, 1.807) is 24.3 Å². The van der Waals surface area contributed by atoms with Crippen molar-refractivity contribution in [2.24, 2.45) is 0 Å². The van der Waals surface area contributed by atoms with Crippen LogP contribution in [-0.2, 0) is 9.53 Å². The third-order valence-electron chi connectivity index (χ3n) is 3.13. The molecule has 0 saturated carbocycles. The zero-order valence-electron chi connectivity index (χ0n) is 13.9. The molecule has 0 bridgehead atoms. The Morgan fingerprint density at radius 3 is 2.61 bits per heavy atom. The van der Waals surface area contributed by atoms with Crippen molar-refractivity contribution >= 4 is 11.9 Å². The normalized spacial score (nSPS) is 12.9. The number of carboxylic acids is 1. The SMILES string of the molecule is COCC(C)(NC(=O)c1cccc(OCC=C(C)C)c1)C(=O)O. The van der Waals surface area contributed by atoms with Crippen LogP contribution < -0.4 is 10.1 Å². The molecule has 1 amide bonds. The molecule has 1 aromatic carbocycles. The molecule has 1 atom stereocenters. The summed E-state index contributed by atoms with van der Waals surface area (Å²) in [7, 11) is 1.38. The number of carbonyl (C=O) groups is 2. The van der Waals surface area contributed by atoms with Gasteiger partial charge in [-0.1, -0.05) is 11.6 Å². The van der Waals surface area contributed by atoms with Crippen molar-refractivity contribution in [2.45, 2.75) is 26.3 Å². The second-order valence-electron chi connectivity index (χ2n) is 5.64. The quantitative estimate of drug-likeness (QED) is 0.717. The minimum Gasteiger partial charge on any atom is -0.490 e. The number of ether oxygens (including phenoxy) is 2. The first-order chi connectivity index (χ1) is 10.8. The molecule has 6 heteroatoms. The Morgan fingerprint density at radius 1 is 1.35 bits per heavy atom. The zero-order valence-corrected chi connectivity index (χ0v) is 13.9. The average Bonchev–Trinajstić information content (AvgIpc) is 2.47. The van der Waals surface area contributed by atoms with Gasteiger partial charge in [-0.05, 0) is 45.0 Å². The Labute approximate surface area is 136 Å². The molecule has 1 unspecified atom stereocenters. The number of allylic oxidation sites excluding steroid dienone is 1. The van der Waals surface area contributed by atoms with Crippen LogP contribution in [0.5, 0.6) is 5.75 Å². The molecule has 0 aliphatic heterocycles. The van der Waals surface area contributed by atoms with Gasteiger partial charge in [0.25, 0.3) is 5.91 Å². The topological polar surface area (TPSA) is 84.9 Å². The largest absolute Gasteiger partial charge is 0.490 e. The maximum Gasteiger partial charge on any atom is 0.331 e. The Kier molecular flexibility index (Phi) is 6.78. The highest BCUT2D eigenvalue weighted by Gasteiger charge is 2.35. The standard InChI is InChI=1S/C17H23NO5/c1-12(2)8-9-23-14-7-5-6-13(10-14)15(19)18-17(3,11-22-4)16(20)21/h5-8,10H,9,11H2,1-4H3,(H,18,19)(H,20,21). The molecule has 1 rings (SSSR count). The number of hydrogen-bond donors (Lipinski definition) is 2. The highest BCUT2D eigenvalue weighted by Crippen LogP contribution is 2.15. The zero-order chi connectivity index (χ0) is 17.5. The summed E-state index contributed by atoms with van der Waals surface area (Å²) in [6.07, 6.45) is 1.92. The molecule has 0 fully saturated rings. The summed E-state index contributed by atoms with van der Waals surface area (Å²) in [6.45, 7) is 5.60. The van der Waals surface area contributed by atoms with E-state index >= 15 is 0 Å². The molecule has 23 heavy (non-hydrogen) atoms. The first-order valence-electron chi connectivity index (χ1n) is 7.19. The predicted molar refractivity (Wildman–Crippen MR) is 86.8 cm³/mol. The molecule has 0 aromatic heterocycles. The van der Waals surface area contributed by atoms with Crippen LogP contribution in [0.3, 0.4) is 0 Å². The lowest BCUT2D eigenvalue weighted by molar-refractivity contribution is -0.145. The summed E-state index contributed by atoms with van der Waals surface area (Å²) in [5.41, 5.74) is -0.0379. The Hall–Kier alpha value is -2.34. The summed E-state index contributed by atoms with van der Waals surface area (Å²) < 4.78 is 10.4. The molecule has 0 saturated heterocycles. The van der Waals surface area contributed by atoms with Gasteiger partial charge in [-0.3, -0.25) is 4.79 Å². The van der Waals surface area contributed by atoms with Crippen LogP contribution in [0.1, 0.15) is 31.1 Å². The first-order valence-corrected chi connectivity index (χ1v) is 7.19. The number of carbonyl (C=O) groups excluding carboxylic acids is 1. The monoisotopic (exact) mass is 321 g/mol. The highest BCUT2D eigenvalue weighted by molar-refractivity contribution is 5.98. The van der Waals surface area contributed by atoms with E-state index in [9.17, 15) is 14.7 Å². The second-order valence-corrected chi connectivity index (χ2v) is 5.64. The van der Waals surface area contributed by atoms with Crippen molar-refractivity contribution in [3.05, 3.63) is 41.5 Å². The molecule has 0 radical (unpaired) electrons. The second kappa shape index (κ2) is 8.33. The van der Waals surface area contributed by atoms with Crippen LogP contribution in [0.2, 0.25) is 0 Å². The summed E-state index contributed by atoms with van der Waals surface area (Å²) in [5, 5.41) is 11.7. The molecule has 0 heterocycles. The summed E-state index contributed by atoms with van der Waals surface area (Å²) in [4.78, 5) is 23.6. The van der Waals surface area contributed by atoms with Crippen molar-refractivity contribution in [1.29, 1.82) is 0 Å². The van der Waals surface area contributed by atoms with Gasteiger partial charge in [-0.25, -0.2) is 4.79 Å². The predicted octanol–water partition coefficient (Wildman–Crippen LogP) is 2.25. The first kappa shape index (κ1) is 18.7. The maximum absolute atomic E-state index is 12.3. The number of carboxylic acid groups (broad SMARTS) is 1. The summed E-state index contributed by atoms with van der Waals surface area (Å²) >= 11 is 0. The third kappa shape index (κ3) is 5.75. The molecule has 1 aromatic rings. The lowest BCUT2D eigenvalue weighted by atomic mass is 10.0. The van der Waals surface area contributed by atoms with E-state index in [0.717, 1.165) is 5.57 Å². The van der Waals surface area contributed by atoms with E-state index < -0.39 is 17.4 Å². The van der Waals surface area contributed by atoms with Crippen molar-refractivity contribution in [3.8, 4) is 5.75 Å². The van der Waals surface area contributed by atoms with Gasteiger partial charge in [0.15, 0.2) is 5.54 Å². The van der Waals surface area contributed by atoms with Crippen molar-refractivity contribution in [3.63, 3.8) is 0 Å². The average molecular weight is 321 g/mol. The van der Waals surface area contributed by atoms with E-state index in [-0.39, 0.29) is 6.61 Å². The van der Waals surface area contributed by atoms with Gasteiger partial charge in [0.05, 0.1) is 6.61 Å². The lowest BCUT2D eigenvalue weighted by Gasteiger charge is -2.25. The van der Waals surface area contributed by atoms with Crippen LogP contribution in [-0.4, -0.2) is 42.8 Å². The van der Waals surface area contributed by atoms with Gasteiger partial charge in [-0.15, -0.1) is 0 Å². The summed E-state index contributed by atoms with van der Waals surface area (Å²) in [6, 6.07) is 6.59. The molecule has 126 valence electrons. The van der Waals surface area contributed by atoms with Crippen LogP contribution in [0.25, 0.3) is 0 Å². The van der Waals surface area contributed by atoms with Crippen molar-refractivity contribution in [1.82, 2.24) is 5.32 Å². The molecule has 2 N–H and O–H groups in total. The Bertz CT molecular complexity index is 592. The fourth-order valence-electron chi connectivity index (χ4n) is 1.79. The van der Waals surface area contributed by atoms with Gasteiger partial charge in [0.2, 0.25) is 0 Å². The van der Waals surface area contributed by atoms with E-state index in [1.807, 2.05) is 19.9 Å². The summed E-state index contributed by atoms with van der Waals surface area (Å²) in [5.74, 6) is -1.12. The van der Waals surface area contributed by atoms with E-state index in [2.05, 4.69) is 5.32 Å². The third-order valence-corrected chi connectivity index (χ3v) is 3.13. The minimum absolute atomic E-state index is 0.134. The fourth-order valence-corrected chi connectivity index (χ4v) is 1.79. The fraction of sp³-hybridized carbons (Fsp3) is 0.412. The number of rotatable bonds is 8. The number of aliphatic carboxylic acids is 1. The van der Waals surface area contributed by atoms with Gasteiger partial charge in [0, 0.05) is 12.7 Å². The molecule has 0 spiro atoms. The number of hydrogen-bond acceptors (Lipinski definition) is 4. The molecular formula is C17H23NO5. The molecule has 0 aliphatic carbocycles. The number of amides is 1. The van der Waals surface area contributed by atoms with E-state index in [4.69, 9.17) is 9.47 Å². The Balaban J connectivity index is 2.83. The number of nitrogens with one attached hydrogen (secondary N) is 1. The van der Waals surface area contributed by atoms with Gasteiger partial charge in [0.1, 0.15) is 12.4 Å². The lowest BCUT2D eigenvalue weighted by Crippen LogP contribution is -2.55. The minimum atomic E-state index is -1.50. The van der Waals surface area contributed by atoms with Crippen LogP contribution >= 0.6 is 0 Å². The van der Waals surface area contributed by atoms with Gasteiger partial charge < -0.3 is 19.9 Å². The maximum atomic E-state index is 12.3. The number of benzene rings is 1. The Morgan fingerprint density at radius 2 is 2.04 bits per heavy atom. The highest BCUT2D eigenvalue weighted by atomic mass is 16.5. The van der Waals surface area contributed by atoms with E-state index in [1.165, 1.54) is 14.0 Å². The van der Waals surface area contributed by atoms with Crippen molar-refractivity contribution < 1.29 is 24.2 Å². The number of methoxy groups -OCH3 is 1. The van der Waals surface area contributed by atoms with Crippen LogP contribution in [0.15, 0.2) is 35.9 Å².